The predicted molar refractivity (Wildman–Crippen MR) is 353 cm³/mol. The first kappa shape index (κ1) is 77.1. The first-order chi connectivity index (χ1) is 40.0. The van der Waals surface area contributed by atoms with E-state index in [0.29, 0.717) is 19.3 Å². The Labute approximate surface area is 501 Å². The minimum absolute atomic E-state index is 0.0810. The molecule has 0 aliphatic rings. The molecule has 0 amide bonds. The number of carbonyl (C=O) groups is 3. The lowest BCUT2D eigenvalue weighted by Gasteiger charge is -2.18. The van der Waals surface area contributed by atoms with Gasteiger partial charge in [-0.25, -0.2) is 0 Å². The molecule has 6 heteroatoms. The minimum atomic E-state index is -0.788. The molecule has 0 bridgehead atoms. The fourth-order valence-electron chi connectivity index (χ4n) is 9.70. The van der Waals surface area contributed by atoms with Crippen molar-refractivity contribution in [3.05, 3.63) is 109 Å². The highest BCUT2D eigenvalue weighted by Gasteiger charge is 2.19. The standard InChI is InChI=1S/C75H128O6/c1-4-7-10-13-16-19-22-25-28-31-33-35-37-39-41-44-47-50-53-56-59-62-65-68-74(77)80-71-72(70-79-73(76)67-64-61-58-55-52-49-46-43-30-27-24-21-18-15-12-9-6-3)81-75(78)69-66-63-60-57-54-51-48-45-42-40-38-36-34-32-29-26-23-20-17-14-11-8-5-2/h7-8,10-11,16-17,19-20,25-26,28-29,33-36,39,41,72H,4-6,9,12-15,18,21-24,27,30-32,37-38,40,42-71H2,1-3H3/b10-7-,11-8-,19-16-,20-17-,28-25-,29-26-,35-33-,36-34-,41-39-. The van der Waals surface area contributed by atoms with Gasteiger partial charge >= 0.3 is 17.9 Å². The maximum atomic E-state index is 13.0. The Balaban J connectivity index is 4.40. The highest BCUT2D eigenvalue weighted by Crippen LogP contribution is 2.17. The van der Waals surface area contributed by atoms with Crippen LogP contribution in [0.25, 0.3) is 0 Å². The average molecular weight is 1130 g/mol. The predicted octanol–water partition coefficient (Wildman–Crippen LogP) is 23.8. The van der Waals surface area contributed by atoms with Gasteiger partial charge in [-0.1, -0.05) is 316 Å². The second-order valence-electron chi connectivity index (χ2n) is 22.7. The molecule has 0 aromatic heterocycles. The van der Waals surface area contributed by atoms with Crippen molar-refractivity contribution in [2.75, 3.05) is 13.2 Å². The fourth-order valence-corrected chi connectivity index (χ4v) is 9.70. The van der Waals surface area contributed by atoms with Gasteiger partial charge < -0.3 is 14.2 Å². The van der Waals surface area contributed by atoms with Gasteiger partial charge in [-0.3, -0.25) is 14.4 Å². The van der Waals surface area contributed by atoms with Crippen LogP contribution < -0.4 is 0 Å². The zero-order valence-corrected chi connectivity index (χ0v) is 53.3. The van der Waals surface area contributed by atoms with Gasteiger partial charge in [-0.05, 0) is 103 Å². The number of carbonyl (C=O) groups excluding carboxylic acids is 3. The van der Waals surface area contributed by atoms with Gasteiger partial charge in [0, 0.05) is 19.3 Å². The first-order valence-electron chi connectivity index (χ1n) is 34.4. The zero-order chi connectivity index (χ0) is 58.5. The summed E-state index contributed by atoms with van der Waals surface area (Å²) in [5.41, 5.74) is 0. The second kappa shape index (κ2) is 68.6. The van der Waals surface area contributed by atoms with Crippen molar-refractivity contribution in [2.24, 2.45) is 0 Å². The average Bonchev–Trinajstić information content (AvgIpc) is 3.47. The van der Waals surface area contributed by atoms with Crippen LogP contribution in [0.15, 0.2) is 109 Å². The maximum absolute atomic E-state index is 13.0. The molecule has 0 radical (unpaired) electrons. The molecule has 0 saturated heterocycles. The van der Waals surface area contributed by atoms with Crippen LogP contribution in [0.2, 0.25) is 0 Å². The van der Waals surface area contributed by atoms with Crippen molar-refractivity contribution >= 4 is 17.9 Å². The van der Waals surface area contributed by atoms with E-state index in [9.17, 15) is 14.4 Å². The van der Waals surface area contributed by atoms with Crippen LogP contribution in [-0.4, -0.2) is 37.2 Å². The number of unbranched alkanes of at least 4 members (excludes halogenated alkanes) is 33. The van der Waals surface area contributed by atoms with Crippen LogP contribution in [0.4, 0.5) is 0 Å². The van der Waals surface area contributed by atoms with Crippen molar-refractivity contribution in [1.29, 1.82) is 0 Å². The van der Waals surface area contributed by atoms with Crippen molar-refractivity contribution in [2.45, 2.75) is 335 Å². The third-order valence-corrected chi connectivity index (χ3v) is 14.8. The van der Waals surface area contributed by atoms with Gasteiger partial charge in [-0.15, -0.1) is 0 Å². The molecule has 81 heavy (non-hydrogen) atoms. The van der Waals surface area contributed by atoms with E-state index in [-0.39, 0.29) is 31.1 Å². The number of rotatable bonds is 62. The molecule has 0 spiro atoms. The largest absolute Gasteiger partial charge is 0.462 e. The Bertz CT molecular complexity index is 1620. The van der Waals surface area contributed by atoms with Crippen LogP contribution >= 0.6 is 0 Å². The van der Waals surface area contributed by atoms with E-state index in [1.807, 2.05) is 0 Å². The molecule has 0 aliphatic carbocycles. The van der Waals surface area contributed by atoms with E-state index in [4.69, 9.17) is 14.2 Å². The lowest BCUT2D eigenvalue weighted by Crippen LogP contribution is -2.30. The van der Waals surface area contributed by atoms with E-state index >= 15 is 0 Å². The monoisotopic (exact) mass is 1120 g/mol. The van der Waals surface area contributed by atoms with Crippen molar-refractivity contribution in [3.63, 3.8) is 0 Å². The highest BCUT2D eigenvalue weighted by molar-refractivity contribution is 5.71. The molecule has 1 atom stereocenters. The SMILES string of the molecule is CC/C=C\C/C=C\C/C=C\C/C=C\C/C=C\CCCCCCCCCC(=O)OCC(COC(=O)CCCCCCCCCCCCCCCCCCC)OC(=O)CCCCCCCCCCCC/C=C\C/C=C\C/C=C\C/C=C\CC. The fraction of sp³-hybridized carbons (Fsp3) is 0.720. The molecule has 1 unspecified atom stereocenters. The summed E-state index contributed by atoms with van der Waals surface area (Å²) in [6, 6.07) is 0. The summed E-state index contributed by atoms with van der Waals surface area (Å²) in [7, 11) is 0. The van der Waals surface area contributed by atoms with Crippen molar-refractivity contribution in [1.82, 2.24) is 0 Å². The molecular weight excluding hydrogens is 997 g/mol. The third-order valence-electron chi connectivity index (χ3n) is 14.8. The van der Waals surface area contributed by atoms with Gasteiger partial charge in [-0.2, -0.15) is 0 Å². The summed E-state index contributed by atoms with van der Waals surface area (Å²) in [4.78, 5) is 38.5. The summed E-state index contributed by atoms with van der Waals surface area (Å²) in [6.07, 6.45) is 93.8. The molecular formula is C75H128O6. The Morgan fingerprint density at radius 1 is 0.259 bits per heavy atom. The van der Waals surface area contributed by atoms with Crippen LogP contribution in [-0.2, 0) is 28.6 Å². The molecule has 0 aromatic carbocycles. The molecule has 6 nitrogen and oxygen atoms in total. The van der Waals surface area contributed by atoms with E-state index < -0.39 is 6.10 Å². The van der Waals surface area contributed by atoms with E-state index in [2.05, 4.69) is 130 Å². The van der Waals surface area contributed by atoms with E-state index in [0.717, 1.165) is 122 Å². The lowest BCUT2D eigenvalue weighted by molar-refractivity contribution is -0.167. The number of esters is 3. The summed E-state index contributed by atoms with van der Waals surface area (Å²) in [6.45, 7) is 6.44. The minimum Gasteiger partial charge on any atom is -0.462 e. The van der Waals surface area contributed by atoms with Gasteiger partial charge in [0.1, 0.15) is 13.2 Å². The van der Waals surface area contributed by atoms with Gasteiger partial charge in [0.25, 0.3) is 0 Å². The number of allylic oxidation sites excluding steroid dienone is 18. The van der Waals surface area contributed by atoms with Gasteiger partial charge in [0.15, 0.2) is 6.10 Å². The number of ether oxygens (including phenoxy) is 3. The van der Waals surface area contributed by atoms with E-state index in [1.165, 1.54) is 167 Å². The van der Waals surface area contributed by atoms with Crippen LogP contribution in [0.5, 0.6) is 0 Å². The Kier molecular flexibility index (Phi) is 65.2. The Hall–Kier alpha value is -3.93. The molecule has 0 saturated carbocycles. The topological polar surface area (TPSA) is 78.9 Å². The normalized spacial score (nSPS) is 12.8. The van der Waals surface area contributed by atoms with Crippen LogP contribution in [0.1, 0.15) is 329 Å². The molecule has 0 fully saturated rings. The Morgan fingerprint density at radius 3 is 0.753 bits per heavy atom. The maximum Gasteiger partial charge on any atom is 0.306 e. The number of hydrogen-bond donors (Lipinski definition) is 0. The molecule has 0 aliphatic heterocycles. The van der Waals surface area contributed by atoms with Gasteiger partial charge in [0.05, 0.1) is 0 Å². The molecule has 0 aromatic rings. The lowest BCUT2D eigenvalue weighted by atomic mass is 10.0. The smallest absolute Gasteiger partial charge is 0.306 e. The van der Waals surface area contributed by atoms with Crippen molar-refractivity contribution in [3.8, 4) is 0 Å². The van der Waals surface area contributed by atoms with Crippen molar-refractivity contribution < 1.29 is 28.6 Å². The van der Waals surface area contributed by atoms with Crippen LogP contribution in [0, 0.1) is 0 Å². The molecule has 0 heterocycles. The third kappa shape index (κ3) is 66.8. The zero-order valence-electron chi connectivity index (χ0n) is 53.3. The summed E-state index contributed by atoms with van der Waals surface area (Å²) >= 11 is 0. The van der Waals surface area contributed by atoms with Crippen LogP contribution in [0.3, 0.4) is 0 Å². The summed E-state index contributed by atoms with van der Waals surface area (Å²) < 4.78 is 17.0. The van der Waals surface area contributed by atoms with Gasteiger partial charge in [0.2, 0.25) is 0 Å². The summed E-state index contributed by atoms with van der Waals surface area (Å²) in [5.74, 6) is -0.882. The highest BCUT2D eigenvalue weighted by atomic mass is 16.6. The van der Waals surface area contributed by atoms with E-state index in [1.54, 1.807) is 0 Å². The number of hydrogen-bond acceptors (Lipinski definition) is 6. The first-order valence-corrected chi connectivity index (χ1v) is 34.4. The second-order valence-corrected chi connectivity index (χ2v) is 22.7. The molecule has 464 valence electrons. The Morgan fingerprint density at radius 2 is 0.481 bits per heavy atom. The quantitative estimate of drug-likeness (QED) is 0.0261. The summed E-state index contributed by atoms with van der Waals surface area (Å²) in [5, 5.41) is 0. The molecule has 0 rings (SSSR count). The molecule has 0 N–H and O–H groups in total.